The van der Waals surface area contributed by atoms with Gasteiger partial charge in [-0.15, -0.1) is 12.4 Å². The molecular weight excluding hydrogens is 676 g/mol. The minimum Gasteiger partial charge on any atom is -0.377 e. The molecule has 0 saturated carbocycles. The van der Waals surface area contributed by atoms with Crippen LogP contribution in [-0.2, 0) is 0 Å². The van der Waals surface area contributed by atoms with E-state index in [9.17, 15) is 0 Å². The third kappa shape index (κ3) is 6.62. The number of hydrogen-bond donors (Lipinski definition) is 2. The van der Waals surface area contributed by atoms with Crippen LogP contribution in [0.25, 0.3) is 62.6 Å². The van der Waals surface area contributed by atoms with Crippen LogP contribution >= 0.6 is 12.4 Å². The summed E-state index contributed by atoms with van der Waals surface area (Å²) in [5, 5.41) is 0. The van der Waals surface area contributed by atoms with E-state index in [1.807, 2.05) is 0 Å². The van der Waals surface area contributed by atoms with Crippen LogP contribution in [0.5, 0.6) is 0 Å². The molecule has 0 aromatic carbocycles. The molecule has 0 fully saturated rings. The Morgan fingerprint density at radius 3 is 1.55 bits per heavy atom. The highest BCUT2D eigenvalue weighted by Gasteiger charge is 2.27. The van der Waals surface area contributed by atoms with Gasteiger partial charge in [-0.2, -0.15) is 0 Å². The van der Waals surface area contributed by atoms with E-state index in [4.69, 9.17) is 9.97 Å². The van der Waals surface area contributed by atoms with Crippen LogP contribution < -0.4 is 0 Å². The Morgan fingerprint density at radius 2 is 1.00 bits per heavy atom. The molecule has 8 bridgehead atoms. The second-order valence-electron chi connectivity index (χ2n) is 14.2. The van der Waals surface area contributed by atoms with Gasteiger partial charge in [0.25, 0.3) is 0 Å². The predicted octanol–water partition coefficient (Wildman–Crippen LogP) is 8.36. The van der Waals surface area contributed by atoms with E-state index in [2.05, 4.69) is 180 Å². The topological polar surface area (TPSA) is 70.3 Å². The summed E-state index contributed by atoms with van der Waals surface area (Å²) in [6.45, 7) is 3.28. The molecule has 9 heteroatoms. The van der Waals surface area contributed by atoms with Gasteiger partial charge in [0.15, 0.2) is 0 Å². The summed E-state index contributed by atoms with van der Waals surface area (Å²) in [6.07, 6.45) is 33.4. The molecule has 8 nitrogen and oxygen atoms in total. The van der Waals surface area contributed by atoms with Crippen LogP contribution in [-0.4, -0.2) is 93.9 Å². The first-order valence-corrected chi connectivity index (χ1v) is 17.9. The highest BCUT2D eigenvalue weighted by Crippen LogP contribution is 2.43. The van der Waals surface area contributed by atoms with Crippen molar-refractivity contribution in [2.45, 2.75) is 0 Å². The first kappa shape index (κ1) is 34.1. The average molecular weight is 719 g/mol. The number of fused-ring (bicyclic) bond motifs is 8. The van der Waals surface area contributed by atoms with Gasteiger partial charge in [0.05, 0.1) is 28.3 Å². The van der Waals surface area contributed by atoms with Gasteiger partial charge in [0, 0.05) is 93.2 Å². The van der Waals surface area contributed by atoms with E-state index in [-0.39, 0.29) is 12.4 Å². The zero-order chi connectivity index (χ0) is 35.3. The number of likely N-dealkylation sites (N-methyl/N-ethyl adjacent to an activating group) is 4. The van der Waals surface area contributed by atoms with Gasteiger partial charge in [-0.25, -0.2) is 9.97 Å². The summed E-state index contributed by atoms with van der Waals surface area (Å²) < 4.78 is 0. The standard InChI is InChI=1S/C44H42N8.ClH/c1-49-17-9-29(10-18-49)38-27-37-26-35-6-5-33(45-35)25-34-7-8-36(46-34)28-39-40(30-11-19-50(2)20-12-30)41(31-13-21-51(3)22-14-31)44(48-39)42(43(38)47-37)32-15-23-52(4)24-16-32;/h5-17,19,21,23,25-28,45,48H,18,20,22,24H2,1-4H3;1H. The molecule has 0 spiro atoms. The Morgan fingerprint density at radius 1 is 0.509 bits per heavy atom. The van der Waals surface area contributed by atoms with E-state index in [0.717, 1.165) is 87.7 Å². The summed E-state index contributed by atoms with van der Waals surface area (Å²) in [7, 11) is 8.45. The lowest BCUT2D eigenvalue weighted by atomic mass is 9.89. The first-order chi connectivity index (χ1) is 25.3. The quantitative estimate of drug-likeness (QED) is 0.221. The predicted molar refractivity (Wildman–Crippen MR) is 224 cm³/mol. The molecular formula is C44H43ClN8. The van der Waals surface area contributed by atoms with Gasteiger partial charge >= 0.3 is 0 Å². The number of nitrogens with zero attached hydrogens (tertiary/aromatic N) is 6. The third-order valence-corrected chi connectivity index (χ3v) is 10.2. The molecule has 53 heavy (non-hydrogen) atoms. The lowest BCUT2D eigenvalue weighted by molar-refractivity contribution is 0.503. The van der Waals surface area contributed by atoms with Crippen LogP contribution in [0.3, 0.4) is 0 Å². The summed E-state index contributed by atoms with van der Waals surface area (Å²) in [4.78, 5) is 27.0. The number of nitrogens with one attached hydrogen (secondary N) is 2. The average Bonchev–Trinajstić information content (AvgIpc) is 3.95. The summed E-state index contributed by atoms with van der Waals surface area (Å²) >= 11 is 0. The highest BCUT2D eigenvalue weighted by atomic mass is 35.5. The zero-order valence-corrected chi connectivity index (χ0v) is 31.3. The number of halogens is 1. The largest absolute Gasteiger partial charge is 0.377 e. The second kappa shape index (κ2) is 13.9. The Bertz CT molecular complexity index is 2490. The van der Waals surface area contributed by atoms with Crippen molar-refractivity contribution in [1.29, 1.82) is 0 Å². The maximum atomic E-state index is 5.52. The molecule has 3 aromatic rings. The van der Waals surface area contributed by atoms with E-state index >= 15 is 0 Å². The summed E-state index contributed by atoms with van der Waals surface area (Å²) in [6, 6.07) is 10.7. The number of aromatic amines is 2. The number of hydrogen-bond acceptors (Lipinski definition) is 6. The van der Waals surface area contributed by atoms with Crippen molar-refractivity contribution in [3.63, 3.8) is 0 Å². The number of allylic oxidation sites excluding steroid dienone is 9. The molecule has 0 atom stereocenters. The molecule has 0 radical (unpaired) electrons. The van der Waals surface area contributed by atoms with Crippen molar-refractivity contribution < 1.29 is 0 Å². The van der Waals surface area contributed by atoms with Gasteiger partial charge in [0.1, 0.15) is 0 Å². The van der Waals surface area contributed by atoms with Crippen LogP contribution in [0.15, 0.2) is 109 Å². The van der Waals surface area contributed by atoms with Crippen molar-refractivity contribution in [2.75, 3.05) is 54.4 Å². The van der Waals surface area contributed by atoms with Gasteiger partial charge in [-0.3, -0.25) is 0 Å². The summed E-state index contributed by atoms with van der Waals surface area (Å²) in [5.41, 5.74) is 16.9. The van der Waals surface area contributed by atoms with Crippen molar-refractivity contribution in [1.82, 2.24) is 39.5 Å². The minimum absolute atomic E-state index is 0. The van der Waals surface area contributed by atoms with Gasteiger partial charge in [-0.1, -0.05) is 24.3 Å². The van der Waals surface area contributed by atoms with Crippen molar-refractivity contribution in [2.24, 2.45) is 0 Å². The molecule has 3 aromatic heterocycles. The van der Waals surface area contributed by atoms with Crippen LogP contribution in [0.2, 0.25) is 0 Å². The molecule has 9 rings (SSSR count). The smallest absolute Gasteiger partial charge is 0.0815 e. The second-order valence-corrected chi connectivity index (χ2v) is 14.2. The molecule has 0 aliphatic carbocycles. The molecule has 0 amide bonds. The Labute approximate surface area is 316 Å². The molecule has 2 N–H and O–H groups in total. The van der Waals surface area contributed by atoms with Gasteiger partial charge < -0.3 is 29.6 Å². The van der Waals surface area contributed by atoms with Crippen LogP contribution in [0.4, 0.5) is 0 Å². The molecule has 266 valence electrons. The van der Waals surface area contributed by atoms with Crippen molar-refractivity contribution >= 4 is 75.0 Å². The highest BCUT2D eigenvalue weighted by molar-refractivity contribution is 6.08. The zero-order valence-electron chi connectivity index (χ0n) is 30.5. The number of rotatable bonds is 4. The molecule has 9 heterocycles. The van der Waals surface area contributed by atoms with E-state index in [1.165, 1.54) is 27.8 Å². The first-order valence-electron chi connectivity index (χ1n) is 17.9. The Hall–Kier alpha value is -5.99. The Kier molecular flexibility index (Phi) is 8.92. The molecule has 0 saturated heterocycles. The Balaban J connectivity index is 0.00000400. The fourth-order valence-corrected chi connectivity index (χ4v) is 7.42. The SMILES string of the molecule is CN1C=CC(C2=Cc3cc4ccc(cc5nc(cc6[nH]c(c(C7=CCN(C)C=C7)c2n3)c(C2=CCN(C)C=C2)c6C2=CCN(C)C=C2)C=C5)[nH]4)=CC1.Cl. The van der Waals surface area contributed by atoms with Crippen molar-refractivity contribution in [3.8, 4) is 0 Å². The molecule has 6 aliphatic heterocycles. The normalized spacial score (nSPS) is 17.8. The van der Waals surface area contributed by atoms with E-state index in [0.29, 0.717) is 0 Å². The van der Waals surface area contributed by atoms with Gasteiger partial charge in [0.2, 0.25) is 0 Å². The molecule has 0 unspecified atom stereocenters. The monoisotopic (exact) mass is 718 g/mol. The fraction of sp³-hybridized carbons (Fsp3) is 0.182. The lowest BCUT2D eigenvalue weighted by Gasteiger charge is -2.22. The number of aromatic nitrogens is 4. The maximum absolute atomic E-state index is 5.52. The lowest BCUT2D eigenvalue weighted by Crippen LogP contribution is -2.15. The summed E-state index contributed by atoms with van der Waals surface area (Å²) in [5.74, 6) is 0. The fourth-order valence-electron chi connectivity index (χ4n) is 7.42. The van der Waals surface area contributed by atoms with Crippen LogP contribution in [0, 0.1) is 0 Å². The maximum Gasteiger partial charge on any atom is 0.0815 e. The number of H-pyrrole nitrogens is 2. The van der Waals surface area contributed by atoms with Crippen molar-refractivity contribution in [3.05, 3.63) is 149 Å². The third-order valence-electron chi connectivity index (χ3n) is 10.2. The van der Waals surface area contributed by atoms with Crippen LogP contribution in [0.1, 0.15) is 39.5 Å². The minimum atomic E-state index is 0. The van der Waals surface area contributed by atoms with E-state index < -0.39 is 0 Å². The van der Waals surface area contributed by atoms with E-state index in [1.54, 1.807) is 0 Å². The van der Waals surface area contributed by atoms with Gasteiger partial charge in [-0.05, 0) is 120 Å². The molecule has 6 aliphatic rings.